The molecule has 1 unspecified atom stereocenters. The smallest absolute Gasteiger partial charge is 0.0649 e. The van der Waals surface area contributed by atoms with Gasteiger partial charge >= 0.3 is 0 Å². The molecule has 0 aliphatic carbocycles. The van der Waals surface area contributed by atoms with Crippen molar-refractivity contribution in [2.45, 2.75) is 32.2 Å². The zero-order valence-corrected chi connectivity index (χ0v) is 11.6. The summed E-state index contributed by atoms with van der Waals surface area (Å²) in [5.41, 5.74) is 2.48. The predicted octanol–water partition coefficient (Wildman–Crippen LogP) is 3.11. The van der Waals surface area contributed by atoms with Gasteiger partial charge in [-0.2, -0.15) is 5.10 Å². The number of nitrogens with zero attached hydrogens (tertiary/aromatic N) is 2. The summed E-state index contributed by atoms with van der Waals surface area (Å²) < 4.78 is 2.08. The lowest BCUT2D eigenvalue weighted by Gasteiger charge is -2.34. The van der Waals surface area contributed by atoms with E-state index in [0.29, 0.717) is 5.92 Å². The van der Waals surface area contributed by atoms with Crippen molar-refractivity contribution < 1.29 is 0 Å². The molecule has 3 heteroatoms. The van der Waals surface area contributed by atoms with Gasteiger partial charge in [0.25, 0.3) is 0 Å². The van der Waals surface area contributed by atoms with Gasteiger partial charge in [0.1, 0.15) is 0 Å². The Morgan fingerprint density at radius 3 is 2.63 bits per heavy atom. The molecule has 100 valence electrons. The first-order valence-electron chi connectivity index (χ1n) is 7.09. The molecule has 0 spiro atoms. The molecule has 0 radical (unpaired) electrons. The van der Waals surface area contributed by atoms with Crippen LogP contribution in [0.1, 0.15) is 32.4 Å². The van der Waals surface area contributed by atoms with Crippen molar-refractivity contribution in [3.8, 4) is 5.69 Å². The number of hydrogen-bond donors (Lipinski definition) is 1. The molecule has 1 fully saturated rings. The number of hydrogen-bond acceptors (Lipinski definition) is 2. The lowest BCUT2D eigenvalue weighted by Crippen LogP contribution is -2.43. The molecule has 1 aliphatic rings. The third kappa shape index (κ3) is 1.98. The van der Waals surface area contributed by atoms with Gasteiger partial charge in [0.15, 0.2) is 0 Å². The molecule has 3 rings (SSSR count). The Kier molecular flexibility index (Phi) is 3.15. The predicted molar refractivity (Wildman–Crippen MR) is 77.3 cm³/mol. The van der Waals surface area contributed by atoms with Crippen molar-refractivity contribution in [2.75, 3.05) is 6.54 Å². The molecular formula is C16H21N3. The highest BCUT2D eigenvalue weighted by molar-refractivity contribution is 5.35. The van der Waals surface area contributed by atoms with Crippen LogP contribution in [0.25, 0.3) is 5.69 Å². The van der Waals surface area contributed by atoms with E-state index in [1.165, 1.54) is 18.5 Å². The molecule has 1 aromatic heterocycles. The summed E-state index contributed by atoms with van der Waals surface area (Å²) in [5, 5.41) is 8.26. The van der Waals surface area contributed by atoms with E-state index in [1.807, 2.05) is 12.3 Å². The average molecular weight is 255 g/mol. The van der Waals surface area contributed by atoms with Gasteiger partial charge < -0.3 is 5.32 Å². The first-order chi connectivity index (χ1) is 9.24. The second kappa shape index (κ2) is 4.82. The minimum absolute atomic E-state index is 0.0618. The molecular weight excluding hydrogens is 234 g/mol. The summed E-state index contributed by atoms with van der Waals surface area (Å²) in [5.74, 6) is 0.550. The normalized spacial score (nSPS) is 23.1. The Morgan fingerprint density at radius 1 is 1.21 bits per heavy atom. The van der Waals surface area contributed by atoms with Crippen LogP contribution in [0.2, 0.25) is 0 Å². The van der Waals surface area contributed by atoms with Crippen molar-refractivity contribution >= 4 is 0 Å². The number of nitrogens with one attached hydrogen (secondary N) is 1. The first-order valence-corrected chi connectivity index (χ1v) is 7.09. The molecule has 2 heterocycles. The van der Waals surface area contributed by atoms with Crippen LogP contribution in [-0.4, -0.2) is 16.3 Å². The van der Waals surface area contributed by atoms with E-state index in [-0.39, 0.29) is 5.54 Å². The second-order valence-electron chi connectivity index (χ2n) is 5.62. The van der Waals surface area contributed by atoms with Crippen LogP contribution in [0, 0.1) is 5.92 Å². The Hall–Kier alpha value is -1.61. The molecule has 3 nitrogen and oxygen atoms in total. The van der Waals surface area contributed by atoms with Crippen LogP contribution >= 0.6 is 0 Å². The van der Waals surface area contributed by atoms with Gasteiger partial charge in [0, 0.05) is 6.20 Å². The fourth-order valence-electron chi connectivity index (χ4n) is 3.19. The highest BCUT2D eigenvalue weighted by atomic mass is 15.3. The molecule has 1 aromatic carbocycles. The largest absolute Gasteiger partial charge is 0.306 e. The van der Waals surface area contributed by atoms with E-state index in [2.05, 4.69) is 59.3 Å². The summed E-state index contributed by atoms with van der Waals surface area (Å²) in [6.45, 7) is 5.68. The van der Waals surface area contributed by atoms with Gasteiger partial charge in [-0.05, 0) is 43.5 Å². The fraction of sp³-hybridized carbons (Fsp3) is 0.438. The third-order valence-corrected chi connectivity index (χ3v) is 4.27. The maximum atomic E-state index is 4.54. The van der Waals surface area contributed by atoms with Gasteiger partial charge in [-0.1, -0.05) is 32.0 Å². The van der Waals surface area contributed by atoms with Crippen LogP contribution in [0.15, 0.2) is 42.6 Å². The maximum Gasteiger partial charge on any atom is 0.0649 e. The van der Waals surface area contributed by atoms with Gasteiger partial charge in [0.2, 0.25) is 0 Å². The Morgan fingerprint density at radius 2 is 2.00 bits per heavy atom. The maximum absolute atomic E-state index is 4.54. The quantitative estimate of drug-likeness (QED) is 0.913. The fourth-order valence-corrected chi connectivity index (χ4v) is 3.19. The summed E-state index contributed by atoms with van der Waals surface area (Å²) in [4.78, 5) is 0. The van der Waals surface area contributed by atoms with Crippen LogP contribution < -0.4 is 5.32 Å². The number of aromatic nitrogens is 2. The minimum Gasteiger partial charge on any atom is -0.306 e. The van der Waals surface area contributed by atoms with Crippen molar-refractivity contribution in [3.63, 3.8) is 0 Å². The standard InChI is InChI=1S/C16H21N3/c1-13(2)16(10-6-11-17-16)15-9-12-18-19(15)14-7-4-3-5-8-14/h3-5,7-9,12-13,17H,6,10-11H2,1-2H3. The minimum atomic E-state index is 0.0618. The summed E-state index contributed by atoms with van der Waals surface area (Å²) in [6, 6.07) is 12.5. The topological polar surface area (TPSA) is 29.9 Å². The van der Waals surface area contributed by atoms with Crippen molar-refractivity contribution in [1.29, 1.82) is 0 Å². The van der Waals surface area contributed by atoms with Crippen molar-refractivity contribution in [1.82, 2.24) is 15.1 Å². The zero-order chi connectivity index (χ0) is 13.3. The third-order valence-electron chi connectivity index (χ3n) is 4.27. The highest BCUT2D eigenvalue weighted by Crippen LogP contribution is 2.38. The van der Waals surface area contributed by atoms with E-state index in [1.54, 1.807) is 0 Å². The van der Waals surface area contributed by atoms with Crippen LogP contribution in [0.5, 0.6) is 0 Å². The number of para-hydroxylation sites is 1. The molecule has 19 heavy (non-hydrogen) atoms. The summed E-state index contributed by atoms with van der Waals surface area (Å²) >= 11 is 0. The van der Waals surface area contributed by atoms with Gasteiger partial charge in [-0.3, -0.25) is 0 Å². The van der Waals surface area contributed by atoms with E-state index in [9.17, 15) is 0 Å². The van der Waals surface area contributed by atoms with Gasteiger partial charge in [-0.15, -0.1) is 0 Å². The molecule has 1 saturated heterocycles. The molecule has 1 atom stereocenters. The molecule has 0 amide bonds. The second-order valence-corrected chi connectivity index (χ2v) is 5.62. The summed E-state index contributed by atoms with van der Waals surface area (Å²) in [7, 11) is 0. The molecule has 1 aliphatic heterocycles. The number of benzene rings is 1. The lowest BCUT2D eigenvalue weighted by molar-refractivity contribution is 0.263. The molecule has 2 aromatic rings. The van der Waals surface area contributed by atoms with Crippen LogP contribution in [0.3, 0.4) is 0 Å². The lowest BCUT2D eigenvalue weighted by atomic mass is 9.82. The van der Waals surface area contributed by atoms with E-state index < -0.39 is 0 Å². The van der Waals surface area contributed by atoms with Crippen LogP contribution in [-0.2, 0) is 5.54 Å². The monoisotopic (exact) mass is 255 g/mol. The summed E-state index contributed by atoms with van der Waals surface area (Å²) in [6.07, 6.45) is 4.33. The SMILES string of the molecule is CC(C)C1(c2ccnn2-c2ccccc2)CCCN1. The molecule has 1 N–H and O–H groups in total. The Bertz CT molecular complexity index is 536. The van der Waals surface area contributed by atoms with Crippen molar-refractivity contribution in [3.05, 3.63) is 48.3 Å². The van der Waals surface area contributed by atoms with E-state index in [0.717, 1.165) is 12.2 Å². The van der Waals surface area contributed by atoms with Gasteiger partial charge in [0.05, 0.1) is 16.9 Å². The average Bonchev–Trinajstić information content (AvgIpc) is 3.09. The van der Waals surface area contributed by atoms with Crippen LogP contribution in [0.4, 0.5) is 0 Å². The van der Waals surface area contributed by atoms with E-state index >= 15 is 0 Å². The van der Waals surface area contributed by atoms with E-state index in [4.69, 9.17) is 0 Å². The van der Waals surface area contributed by atoms with Crippen molar-refractivity contribution in [2.24, 2.45) is 5.92 Å². The first kappa shape index (κ1) is 12.4. The number of rotatable bonds is 3. The molecule has 0 saturated carbocycles. The Labute approximate surface area is 114 Å². The Balaban J connectivity index is 2.09. The highest BCUT2D eigenvalue weighted by Gasteiger charge is 2.40. The van der Waals surface area contributed by atoms with Gasteiger partial charge in [-0.25, -0.2) is 4.68 Å². The zero-order valence-electron chi connectivity index (χ0n) is 11.6. The molecule has 0 bridgehead atoms.